The fourth-order valence-corrected chi connectivity index (χ4v) is 4.02. The van der Waals surface area contributed by atoms with Crippen LogP contribution in [0.2, 0.25) is 0 Å². The number of anilines is 1. The molecule has 4 aromatic carbocycles. The van der Waals surface area contributed by atoms with E-state index in [0.29, 0.717) is 17.7 Å². The summed E-state index contributed by atoms with van der Waals surface area (Å²) in [7, 11) is 0. The Kier molecular flexibility index (Phi) is 6.65. The summed E-state index contributed by atoms with van der Waals surface area (Å²) in [6.45, 7) is 1.90. The fraction of sp³-hybridized carbons (Fsp3) is 0.103. The van der Waals surface area contributed by atoms with Gasteiger partial charge in [0.1, 0.15) is 0 Å². The van der Waals surface area contributed by atoms with Gasteiger partial charge in [-0.3, -0.25) is 4.79 Å². The number of hydrogen-bond acceptors (Lipinski definition) is 2. The van der Waals surface area contributed by atoms with E-state index in [1.807, 2.05) is 91.9 Å². The lowest BCUT2D eigenvalue weighted by atomic mass is 9.91. The summed E-state index contributed by atoms with van der Waals surface area (Å²) in [4.78, 5) is 24.9. The minimum absolute atomic E-state index is 0.114. The van der Waals surface area contributed by atoms with Crippen molar-refractivity contribution in [3.63, 3.8) is 0 Å². The van der Waals surface area contributed by atoms with Crippen molar-refractivity contribution in [3.8, 4) is 11.1 Å². The fourth-order valence-electron chi connectivity index (χ4n) is 4.02. The van der Waals surface area contributed by atoms with Gasteiger partial charge in [0.15, 0.2) is 0 Å². The number of nitrogens with one attached hydrogen (secondary N) is 1. The van der Waals surface area contributed by atoms with Gasteiger partial charge in [-0.15, -0.1) is 0 Å². The molecule has 33 heavy (non-hydrogen) atoms. The third-order valence-corrected chi connectivity index (χ3v) is 5.81. The summed E-state index contributed by atoms with van der Waals surface area (Å²) in [6.07, 6.45) is 0.411. The van der Waals surface area contributed by atoms with Crippen LogP contribution in [0.25, 0.3) is 11.1 Å². The van der Waals surface area contributed by atoms with Gasteiger partial charge in [-0.1, -0.05) is 91.0 Å². The van der Waals surface area contributed by atoms with Gasteiger partial charge in [0, 0.05) is 12.1 Å². The Morgan fingerprint density at radius 1 is 0.758 bits per heavy atom. The maximum absolute atomic E-state index is 13.3. The Bertz CT molecular complexity index is 1280. The van der Waals surface area contributed by atoms with Crippen molar-refractivity contribution >= 4 is 17.6 Å². The zero-order valence-corrected chi connectivity index (χ0v) is 18.4. The maximum atomic E-state index is 13.3. The van der Waals surface area contributed by atoms with Crippen molar-refractivity contribution in [2.24, 2.45) is 0 Å². The minimum Gasteiger partial charge on any atom is -0.478 e. The zero-order valence-electron chi connectivity index (χ0n) is 18.4. The quantitative estimate of drug-likeness (QED) is 0.354. The number of carboxylic acids is 1. The van der Waals surface area contributed by atoms with Crippen LogP contribution in [-0.2, 0) is 11.2 Å². The van der Waals surface area contributed by atoms with Crippen LogP contribution in [0, 0.1) is 0 Å². The molecule has 4 heteroatoms. The third kappa shape index (κ3) is 5.01. The minimum atomic E-state index is -0.960. The predicted molar refractivity (Wildman–Crippen MR) is 132 cm³/mol. The standard InChI is InChI=1S/C29H25NO3/c1-20(24-15-8-9-16-25(24)21-11-3-2-4-12-21)28(31)30-27-18-10-6-14-23(27)19-22-13-5-7-17-26(22)29(32)33/h2-18,20H,19H2,1H3,(H,30,31)(H,32,33). The maximum Gasteiger partial charge on any atom is 0.335 e. The number of carbonyl (C=O) groups excluding carboxylic acids is 1. The van der Waals surface area contributed by atoms with Crippen molar-refractivity contribution in [2.45, 2.75) is 19.3 Å². The molecule has 4 aromatic rings. The molecule has 1 unspecified atom stereocenters. The predicted octanol–water partition coefficient (Wildman–Crippen LogP) is 6.38. The lowest BCUT2D eigenvalue weighted by Crippen LogP contribution is -2.20. The second-order valence-electron chi connectivity index (χ2n) is 7.96. The molecule has 2 N–H and O–H groups in total. The highest BCUT2D eigenvalue weighted by Gasteiger charge is 2.20. The van der Waals surface area contributed by atoms with Crippen LogP contribution in [0.15, 0.2) is 103 Å². The molecule has 0 fully saturated rings. The van der Waals surface area contributed by atoms with Crippen molar-refractivity contribution in [1.29, 1.82) is 0 Å². The van der Waals surface area contributed by atoms with Gasteiger partial charge in [-0.25, -0.2) is 4.79 Å². The molecule has 0 aliphatic carbocycles. The second kappa shape index (κ2) is 9.96. The Hall–Kier alpha value is -4.18. The summed E-state index contributed by atoms with van der Waals surface area (Å²) >= 11 is 0. The lowest BCUT2D eigenvalue weighted by molar-refractivity contribution is -0.117. The molecule has 0 aliphatic rings. The smallest absolute Gasteiger partial charge is 0.335 e. The van der Waals surface area contributed by atoms with Gasteiger partial charge < -0.3 is 10.4 Å². The molecule has 0 heterocycles. The van der Waals surface area contributed by atoms with E-state index in [2.05, 4.69) is 5.32 Å². The van der Waals surface area contributed by atoms with Gasteiger partial charge >= 0.3 is 5.97 Å². The molecule has 164 valence electrons. The average molecular weight is 436 g/mol. The van der Waals surface area contributed by atoms with Gasteiger partial charge in [0.25, 0.3) is 0 Å². The van der Waals surface area contributed by atoms with Gasteiger partial charge in [0.05, 0.1) is 11.5 Å². The normalized spacial score (nSPS) is 11.5. The van der Waals surface area contributed by atoms with Crippen molar-refractivity contribution in [3.05, 3.63) is 125 Å². The number of hydrogen-bond donors (Lipinski definition) is 2. The van der Waals surface area contributed by atoms with Crippen molar-refractivity contribution < 1.29 is 14.7 Å². The molecule has 1 atom stereocenters. The summed E-state index contributed by atoms with van der Waals surface area (Å²) in [5, 5.41) is 12.6. The largest absolute Gasteiger partial charge is 0.478 e. The van der Waals surface area contributed by atoms with Crippen LogP contribution in [-0.4, -0.2) is 17.0 Å². The third-order valence-electron chi connectivity index (χ3n) is 5.81. The number of amides is 1. The van der Waals surface area contributed by atoms with E-state index in [4.69, 9.17) is 0 Å². The molecule has 0 saturated carbocycles. The molecule has 4 rings (SSSR count). The molecule has 0 aliphatic heterocycles. The van der Waals surface area contributed by atoms with Crippen LogP contribution in [0.4, 0.5) is 5.69 Å². The molecule has 1 amide bonds. The van der Waals surface area contributed by atoms with E-state index < -0.39 is 5.97 Å². The number of benzene rings is 4. The number of aromatic carboxylic acids is 1. The van der Waals surface area contributed by atoms with E-state index in [-0.39, 0.29) is 17.4 Å². The molecular weight excluding hydrogens is 410 g/mol. The SMILES string of the molecule is CC(C(=O)Nc1ccccc1Cc1ccccc1C(=O)O)c1ccccc1-c1ccccc1. The van der Waals surface area contributed by atoms with Gasteiger partial charge in [0.2, 0.25) is 5.91 Å². The summed E-state index contributed by atoms with van der Waals surface area (Å²) < 4.78 is 0. The monoisotopic (exact) mass is 435 g/mol. The Morgan fingerprint density at radius 3 is 2.12 bits per heavy atom. The summed E-state index contributed by atoms with van der Waals surface area (Å²) in [5.74, 6) is -1.45. The van der Waals surface area contributed by atoms with Crippen LogP contribution < -0.4 is 5.32 Å². The number of para-hydroxylation sites is 1. The van der Waals surface area contributed by atoms with Crippen LogP contribution in [0.5, 0.6) is 0 Å². The first kappa shape index (κ1) is 22.0. The summed E-state index contributed by atoms with van der Waals surface area (Å²) in [5.41, 5.74) is 5.57. The molecular formula is C29H25NO3. The highest BCUT2D eigenvalue weighted by Crippen LogP contribution is 2.30. The molecule has 0 bridgehead atoms. The van der Waals surface area contributed by atoms with Crippen LogP contribution >= 0.6 is 0 Å². The molecule has 4 nitrogen and oxygen atoms in total. The molecule has 0 spiro atoms. The van der Waals surface area contributed by atoms with E-state index in [0.717, 1.165) is 22.3 Å². The molecule has 0 aromatic heterocycles. The number of carboxylic acid groups (broad SMARTS) is 1. The first-order valence-corrected chi connectivity index (χ1v) is 10.9. The van der Waals surface area contributed by atoms with Gasteiger partial charge in [-0.2, -0.15) is 0 Å². The van der Waals surface area contributed by atoms with E-state index in [1.165, 1.54) is 0 Å². The zero-order chi connectivity index (χ0) is 23.2. The van der Waals surface area contributed by atoms with E-state index in [1.54, 1.807) is 18.2 Å². The molecule has 0 radical (unpaired) electrons. The Labute approximate surface area is 193 Å². The first-order valence-electron chi connectivity index (χ1n) is 10.9. The Morgan fingerprint density at radius 2 is 1.36 bits per heavy atom. The van der Waals surface area contributed by atoms with Crippen LogP contribution in [0.1, 0.15) is 39.9 Å². The topological polar surface area (TPSA) is 66.4 Å². The lowest BCUT2D eigenvalue weighted by Gasteiger charge is -2.18. The highest BCUT2D eigenvalue weighted by molar-refractivity contribution is 5.97. The van der Waals surface area contributed by atoms with Crippen LogP contribution in [0.3, 0.4) is 0 Å². The van der Waals surface area contributed by atoms with Gasteiger partial charge in [-0.05, 0) is 46.9 Å². The highest BCUT2D eigenvalue weighted by atomic mass is 16.4. The van der Waals surface area contributed by atoms with Crippen molar-refractivity contribution in [1.82, 2.24) is 0 Å². The molecule has 0 saturated heterocycles. The number of carbonyl (C=O) groups is 2. The average Bonchev–Trinajstić information content (AvgIpc) is 2.85. The van der Waals surface area contributed by atoms with Crippen molar-refractivity contribution in [2.75, 3.05) is 5.32 Å². The number of rotatable bonds is 7. The summed E-state index contributed by atoms with van der Waals surface area (Å²) in [6, 6.07) is 32.4. The first-order chi connectivity index (χ1) is 16.0. The van der Waals surface area contributed by atoms with E-state index in [9.17, 15) is 14.7 Å². The second-order valence-corrected chi connectivity index (χ2v) is 7.96. The Balaban J connectivity index is 1.59. The van der Waals surface area contributed by atoms with E-state index >= 15 is 0 Å².